The van der Waals surface area contributed by atoms with Gasteiger partial charge in [-0.05, 0) is 56.3 Å². The summed E-state index contributed by atoms with van der Waals surface area (Å²) in [6.07, 6.45) is 4.56. The third-order valence-electron chi connectivity index (χ3n) is 6.87. The Kier molecular flexibility index (Phi) is 8.05. The number of hydrogen-bond acceptors (Lipinski definition) is 4. The number of unbranched alkanes of at least 4 members (excludes halogenated alkanes) is 1. The molecule has 1 amide bonds. The van der Waals surface area contributed by atoms with Gasteiger partial charge in [-0.1, -0.05) is 42.5 Å². The van der Waals surface area contributed by atoms with E-state index in [-0.39, 0.29) is 0 Å². The number of carbonyl (C=O) groups is 1. The lowest BCUT2D eigenvalue weighted by Gasteiger charge is -2.34. The number of carbonyl (C=O) groups excluding carboxylic acids is 1. The van der Waals surface area contributed by atoms with Crippen LogP contribution in [0, 0.1) is 0 Å². The Morgan fingerprint density at radius 1 is 0.875 bits per heavy atom. The van der Waals surface area contributed by atoms with Crippen LogP contribution in [0.15, 0.2) is 54.6 Å². The molecule has 2 fully saturated rings. The summed E-state index contributed by atoms with van der Waals surface area (Å²) in [5.74, 6) is 1.86. The zero-order valence-corrected chi connectivity index (χ0v) is 19.4. The number of piperazine rings is 1. The van der Waals surface area contributed by atoms with Crippen LogP contribution in [0.5, 0.6) is 5.75 Å². The molecule has 0 bridgehead atoms. The Balaban J connectivity index is 1.15. The molecule has 32 heavy (non-hydrogen) atoms. The maximum atomic E-state index is 12.6. The minimum absolute atomic E-state index is 0.300. The second-order valence-corrected chi connectivity index (χ2v) is 9.13. The Morgan fingerprint density at radius 3 is 2.31 bits per heavy atom. The van der Waals surface area contributed by atoms with E-state index in [1.807, 2.05) is 6.07 Å². The van der Waals surface area contributed by atoms with Gasteiger partial charge in [0.05, 0.1) is 12.3 Å². The monoisotopic (exact) mass is 435 g/mol. The highest BCUT2D eigenvalue weighted by atomic mass is 16.5. The van der Waals surface area contributed by atoms with Crippen LogP contribution >= 0.6 is 0 Å². The fourth-order valence-corrected chi connectivity index (χ4v) is 4.79. The van der Waals surface area contributed by atoms with E-state index < -0.39 is 0 Å². The second kappa shape index (κ2) is 11.4. The molecule has 0 radical (unpaired) electrons. The van der Waals surface area contributed by atoms with E-state index >= 15 is 0 Å². The second-order valence-electron chi connectivity index (χ2n) is 9.13. The molecule has 5 nitrogen and oxygen atoms in total. The fraction of sp³-hybridized carbons (Fsp3) is 0.519. The van der Waals surface area contributed by atoms with E-state index in [9.17, 15) is 4.79 Å². The van der Waals surface area contributed by atoms with Gasteiger partial charge in [-0.3, -0.25) is 4.79 Å². The van der Waals surface area contributed by atoms with Crippen molar-refractivity contribution < 1.29 is 9.53 Å². The minimum Gasteiger partial charge on any atom is -0.491 e. The molecule has 0 spiro atoms. The van der Waals surface area contributed by atoms with Gasteiger partial charge in [0.2, 0.25) is 5.91 Å². The lowest BCUT2D eigenvalue weighted by Crippen LogP contribution is -2.44. The molecular weight excluding hydrogens is 398 g/mol. The zero-order chi connectivity index (χ0) is 22.2. The van der Waals surface area contributed by atoms with Crippen LogP contribution < -0.4 is 9.64 Å². The average Bonchev–Trinajstić information content (AvgIpc) is 2.85. The first-order valence-corrected chi connectivity index (χ1v) is 12.2. The lowest BCUT2D eigenvalue weighted by molar-refractivity contribution is -0.132. The van der Waals surface area contributed by atoms with Crippen LogP contribution in [-0.2, 0) is 4.79 Å². The Bertz CT molecular complexity index is 841. The first-order valence-electron chi connectivity index (χ1n) is 12.2. The topological polar surface area (TPSA) is 36.0 Å². The van der Waals surface area contributed by atoms with Gasteiger partial charge in [0.25, 0.3) is 0 Å². The Labute approximate surface area is 193 Å². The maximum absolute atomic E-state index is 12.6. The number of benzene rings is 2. The van der Waals surface area contributed by atoms with E-state index in [1.54, 1.807) is 0 Å². The molecule has 2 aliphatic heterocycles. The number of piperidine rings is 1. The summed E-state index contributed by atoms with van der Waals surface area (Å²) < 4.78 is 6.13. The van der Waals surface area contributed by atoms with Gasteiger partial charge in [0.1, 0.15) is 5.75 Å². The average molecular weight is 436 g/mol. The summed E-state index contributed by atoms with van der Waals surface area (Å²) in [7, 11) is 2.17. The predicted octanol–water partition coefficient (Wildman–Crippen LogP) is 4.39. The molecule has 2 aromatic rings. The highest BCUT2D eigenvalue weighted by Crippen LogP contribution is 2.30. The number of likely N-dealkylation sites (tertiary alicyclic amines) is 1. The van der Waals surface area contributed by atoms with Crippen molar-refractivity contribution in [2.75, 3.05) is 57.8 Å². The molecule has 5 heteroatoms. The van der Waals surface area contributed by atoms with Gasteiger partial charge in [0, 0.05) is 45.7 Å². The van der Waals surface area contributed by atoms with Crippen LogP contribution in [0.2, 0.25) is 0 Å². The van der Waals surface area contributed by atoms with E-state index in [2.05, 4.69) is 70.3 Å². The van der Waals surface area contributed by atoms with Gasteiger partial charge < -0.3 is 19.4 Å². The van der Waals surface area contributed by atoms with E-state index in [0.717, 1.165) is 70.7 Å². The number of para-hydroxylation sites is 2. The van der Waals surface area contributed by atoms with Crippen molar-refractivity contribution in [1.29, 1.82) is 0 Å². The molecular formula is C27H37N3O2. The predicted molar refractivity (Wildman–Crippen MR) is 130 cm³/mol. The van der Waals surface area contributed by atoms with Crippen LogP contribution in [0.4, 0.5) is 5.69 Å². The first-order chi connectivity index (χ1) is 15.7. The zero-order valence-electron chi connectivity index (χ0n) is 19.4. The highest BCUT2D eigenvalue weighted by Gasteiger charge is 2.23. The molecule has 0 saturated carbocycles. The molecule has 2 saturated heterocycles. The summed E-state index contributed by atoms with van der Waals surface area (Å²) in [5, 5.41) is 0. The molecule has 2 aromatic carbocycles. The van der Waals surface area contributed by atoms with Crippen molar-refractivity contribution in [1.82, 2.24) is 9.80 Å². The van der Waals surface area contributed by atoms with E-state index in [1.165, 1.54) is 11.3 Å². The number of ether oxygens (including phenoxy) is 1. The number of hydrogen-bond donors (Lipinski definition) is 0. The van der Waals surface area contributed by atoms with Crippen LogP contribution in [0.25, 0.3) is 0 Å². The summed E-state index contributed by atoms with van der Waals surface area (Å²) in [6.45, 7) is 6.66. The van der Waals surface area contributed by atoms with Crippen LogP contribution in [-0.4, -0.2) is 68.6 Å². The van der Waals surface area contributed by atoms with Gasteiger partial charge in [-0.25, -0.2) is 0 Å². The number of rotatable bonds is 8. The number of likely N-dealkylation sites (N-methyl/N-ethyl adjacent to an activating group) is 1. The molecule has 4 rings (SSSR count). The SMILES string of the molecule is CN1CCN(c2ccccc2OCCCCC(=O)N2CCC(c3ccccc3)CC2)CC1. The van der Waals surface area contributed by atoms with Gasteiger partial charge in [-0.15, -0.1) is 0 Å². The van der Waals surface area contributed by atoms with Crippen LogP contribution in [0.3, 0.4) is 0 Å². The third-order valence-corrected chi connectivity index (χ3v) is 6.87. The smallest absolute Gasteiger partial charge is 0.222 e. The Morgan fingerprint density at radius 2 is 1.56 bits per heavy atom. The number of nitrogens with zero attached hydrogens (tertiary/aromatic N) is 3. The van der Waals surface area contributed by atoms with Gasteiger partial charge >= 0.3 is 0 Å². The normalized spacial score (nSPS) is 18.0. The first kappa shape index (κ1) is 22.7. The van der Waals surface area contributed by atoms with Crippen LogP contribution in [0.1, 0.15) is 43.6 Å². The van der Waals surface area contributed by atoms with Gasteiger partial charge in [0.15, 0.2) is 0 Å². The molecule has 0 N–H and O–H groups in total. The third kappa shape index (κ3) is 6.04. The minimum atomic E-state index is 0.300. The molecule has 0 aliphatic carbocycles. The summed E-state index contributed by atoms with van der Waals surface area (Å²) in [5.41, 5.74) is 2.60. The summed E-state index contributed by atoms with van der Waals surface area (Å²) in [6, 6.07) is 19.1. The standard InChI is InChI=1S/C27H37N3O2/c1-28-18-20-29(21-19-28)25-11-5-6-12-26(25)32-22-8-7-13-27(31)30-16-14-24(15-17-30)23-9-3-2-4-10-23/h2-6,9-12,24H,7-8,13-22H2,1H3. The van der Waals surface area contributed by atoms with Gasteiger partial charge in [-0.2, -0.15) is 0 Å². The molecule has 2 aliphatic rings. The van der Waals surface area contributed by atoms with Crippen molar-refractivity contribution >= 4 is 11.6 Å². The van der Waals surface area contributed by atoms with Crippen molar-refractivity contribution in [3.63, 3.8) is 0 Å². The van der Waals surface area contributed by atoms with Crippen molar-refractivity contribution in [2.45, 2.75) is 38.0 Å². The summed E-state index contributed by atoms with van der Waals surface area (Å²) in [4.78, 5) is 19.5. The molecule has 2 heterocycles. The maximum Gasteiger partial charge on any atom is 0.222 e. The quantitative estimate of drug-likeness (QED) is 0.576. The largest absolute Gasteiger partial charge is 0.491 e. The van der Waals surface area contributed by atoms with E-state index in [0.29, 0.717) is 24.9 Å². The van der Waals surface area contributed by atoms with Crippen molar-refractivity contribution in [3.8, 4) is 5.75 Å². The van der Waals surface area contributed by atoms with Crippen molar-refractivity contribution in [2.24, 2.45) is 0 Å². The summed E-state index contributed by atoms with van der Waals surface area (Å²) >= 11 is 0. The number of amides is 1. The molecule has 0 aromatic heterocycles. The molecule has 0 unspecified atom stereocenters. The fourth-order valence-electron chi connectivity index (χ4n) is 4.79. The van der Waals surface area contributed by atoms with Crippen molar-refractivity contribution in [3.05, 3.63) is 60.2 Å². The molecule has 0 atom stereocenters. The van der Waals surface area contributed by atoms with E-state index in [4.69, 9.17) is 4.74 Å². The molecule has 172 valence electrons. The highest BCUT2D eigenvalue weighted by molar-refractivity contribution is 5.76. The lowest BCUT2D eigenvalue weighted by atomic mass is 9.89. The number of anilines is 1. The Hall–Kier alpha value is -2.53.